The molecule has 0 spiro atoms. The molecule has 1 N–H and O–H groups in total. The van der Waals surface area contributed by atoms with Crippen molar-refractivity contribution in [3.63, 3.8) is 0 Å². The Morgan fingerprint density at radius 2 is 1.72 bits per heavy atom. The van der Waals surface area contributed by atoms with Gasteiger partial charge in [0.05, 0.1) is 15.5 Å². The molecule has 4 rings (SSSR count). The number of para-hydroxylation sites is 1. The first-order valence-electron chi connectivity index (χ1n) is 8.47. The van der Waals surface area contributed by atoms with E-state index in [2.05, 4.69) is 10.4 Å². The molecule has 0 atom stereocenters. The normalized spacial score (nSPS) is 10.7. The van der Waals surface area contributed by atoms with E-state index in [1.165, 1.54) is 23.5 Å². The van der Waals surface area contributed by atoms with Crippen LogP contribution in [-0.2, 0) is 0 Å². The fourth-order valence-corrected chi connectivity index (χ4v) is 4.26. The van der Waals surface area contributed by atoms with Crippen molar-refractivity contribution >= 4 is 51.0 Å². The van der Waals surface area contributed by atoms with E-state index in [0.717, 1.165) is 16.3 Å². The lowest BCUT2D eigenvalue weighted by atomic mass is 10.2. The molecule has 0 aliphatic carbocycles. The van der Waals surface area contributed by atoms with Gasteiger partial charge < -0.3 is 5.32 Å². The molecule has 9 heteroatoms. The maximum Gasteiger partial charge on any atom is 0.306 e. The first-order valence-corrected chi connectivity index (χ1v) is 10.0. The molecule has 1 aromatic heterocycles. The van der Waals surface area contributed by atoms with Gasteiger partial charge in [-0.25, -0.2) is 0 Å². The maximum absolute atomic E-state index is 10.8. The van der Waals surface area contributed by atoms with Crippen LogP contribution in [0.2, 0.25) is 10.0 Å². The predicted molar refractivity (Wildman–Crippen MR) is 115 cm³/mol. The summed E-state index contributed by atoms with van der Waals surface area (Å²) in [6, 6.07) is 21.2. The third kappa shape index (κ3) is 4.22. The molecule has 6 nitrogen and oxygen atoms in total. The van der Waals surface area contributed by atoms with Crippen LogP contribution in [0.5, 0.6) is 0 Å². The van der Waals surface area contributed by atoms with Crippen molar-refractivity contribution < 1.29 is 9.61 Å². The summed E-state index contributed by atoms with van der Waals surface area (Å²) in [5, 5.41) is 21.2. The minimum Gasteiger partial charge on any atom is -0.326 e. The maximum atomic E-state index is 10.8. The first-order chi connectivity index (χ1) is 14.0. The number of nitrogens with one attached hydrogen (secondary N) is 1. The molecule has 0 radical (unpaired) electrons. The molecule has 4 aromatic rings. The third-order valence-corrected chi connectivity index (χ3v) is 5.58. The van der Waals surface area contributed by atoms with E-state index < -0.39 is 4.92 Å². The molecule has 29 heavy (non-hydrogen) atoms. The van der Waals surface area contributed by atoms with E-state index in [0.29, 0.717) is 20.9 Å². The Morgan fingerprint density at radius 1 is 1.00 bits per heavy atom. The minimum absolute atomic E-state index is 0.0303. The molecule has 1 heterocycles. The van der Waals surface area contributed by atoms with Crippen molar-refractivity contribution in [2.45, 2.75) is 0 Å². The number of aromatic nitrogens is 2. The van der Waals surface area contributed by atoms with Crippen LogP contribution in [0.4, 0.5) is 16.5 Å². The fourth-order valence-electron chi connectivity index (χ4n) is 2.71. The molecule has 0 saturated carbocycles. The number of nitrogens with zero attached hydrogens (tertiary/aromatic N) is 3. The molecule has 144 valence electrons. The summed E-state index contributed by atoms with van der Waals surface area (Å²) in [6.45, 7) is 0. The Labute approximate surface area is 180 Å². The van der Waals surface area contributed by atoms with Crippen LogP contribution in [0.3, 0.4) is 0 Å². The highest BCUT2D eigenvalue weighted by atomic mass is 35.5. The Hall–Kier alpha value is -3.00. The van der Waals surface area contributed by atoms with Crippen LogP contribution in [0.1, 0.15) is 0 Å². The topological polar surface area (TPSA) is 71.9 Å². The zero-order chi connectivity index (χ0) is 20.4. The van der Waals surface area contributed by atoms with Crippen LogP contribution in [0, 0.1) is 10.1 Å². The molecule has 0 unspecified atom stereocenters. The van der Waals surface area contributed by atoms with Gasteiger partial charge in [0.2, 0.25) is 5.69 Å². The number of benzene rings is 3. The Kier molecular flexibility index (Phi) is 5.44. The minimum atomic E-state index is -0.433. The van der Waals surface area contributed by atoms with Crippen molar-refractivity contribution in [2.24, 2.45) is 0 Å². The van der Waals surface area contributed by atoms with Gasteiger partial charge in [-0.1, -0.05) is 41.4 Å². The van der Waals surface area contributed by atoms with Crippen LogP contribution in [0.25, 0.3) is 16.3 Å². The fraction of sp³-hybridized carbons (Fsp3) is 0. The molecular formula is C20H13Cl2N4O2S+. The highest BCUT2D eigenvalue weighted by Gasteiger charge is 2.26. The zero-order valence-electron chi connectivity index (χ0n) is 14.8. The van der Waals surface area contributed by atoms with Gasteiger partial charge in [0, 0.05) is 40.1 Å². The summed E-state index contributed by atoms with van der Waals surface area (Å²) in [6.07, 6.45) is 0. The second-order valence-corrected chi connectivity index (χ2v) is 7.83. The molecule has 3 aromatic carbocycles. The van der Waals surface area contributed by atoms with E-state index in [1.54, 1.807) is 28.9 Å². The van der Waals surface area contributed by atoms with Crippen molar-refractivity contribution in [1.29, 1.82) is 0 Å². The van der Waals surface area contributed by atoms with Gasteiger partial charge in [0.25, 0.3) is 10.8 Å². The van der Waals surface area contributed by atoms with Gasteiger partial charge in [-0.2, -0.15) is 0 Å². The summed E-state index contributed by atoms with van der Waals surface area (Å²) in [4.78, 5) is 10.4. The van der Waals surface area contributed by atoms with E-state index >= 15 is 0 Å². The Balaban J connectivity index is 1.76. The first kappa shape index (κ1) is 19.3. The number of halogens is 2. The summed E-state index contributed by atoms with van der Waals surface area (Å²) < 4.78 is 1.80. The predicted octanol–water partition coefficient (Wildman–Crippen LogP) is 6.05. The van der Waals surface area contributed by atoms with Gasteiger partial charge in [0.15, 0.2) is 0 Å². The van der Waals surface area contributed by atoms with Gasteiger partial charge in [0.1, 0.15) is 0 Å². The lowest BCUT2D eigenvalue weighted by molar-refractivity contribution is -0.642. The highest BCUT2D eigenvalue weighted by Crippen LogP contribution is 2.34. The highest BCUT2D eigenvalue weighted by molar-refractivity contribution is 7.18. The largest absolute Gasteiger partial charge is 0.326 e. The van der Waals surface area contributed by atoms with Gasteiger partial charge in [-0.3, -0.25) is 10.1 Å². The molecule has 0 aliphatic rings. The van der Waals surface area contributed by atoms with Crippen molar-refractivity contribution in [3.05, 3.63) is 93.0 Å². The summed E-state index contributed by atoms with van der Waals surface area (Å²) in [7, 11) is 0. The second-order valence-electron chi connectivity index (χ2n) is 6.01. The van der Waals surface area contributed by atoms with E-state index in [1.807, 2.05) is 36.4 Å². The van der Waals surface area contributed by atoms with E-state index in [4.69, 9.17) is 23.2 Å². The Bertz CT molecular complexity index is 1180. The average Bonchev–Trinajstić information content (AvgIpc) is 3.12. The molecule has 0 saturated heterocycles. The average molecular weight is 444 g/mol. The van der Waals surface area contributed by atoms with Crippen LogP contribution >= 0.6 is 34.5 Å². The quantitative estimate of drug-likeness (QED) is 0.231. The van der Waals surface area contributed by atoms with Crippen molar-refractivity contribution in [1.82, 2.24) is 5.10 Å². The monoisotopic (exact) mass is 443 g/mol. The molecule has 0 amide bonds. The third-order valence-electron chi connectivity index (χ3n) is 4.07. The van der Waals surface area contributed by atoms with Crippen molar-refractivity contribution in [3.8, 4) is 16.3 Å². The number of hydrogen-bond acceptors (Lipinski definition) is 5. The smallest absolute Gasteiger partial charge is 0.306 e. The second kappa shape index (κ2) is 8.16. The molecule has 0 fully saturated rings. The van der Waals surface area contributed by atoms with Crippen LogP contribution in [0.15, 0.2) is 72.8 Å². The molecule has 0 bridgehead atoms. The Morgan fingerprint density at radius 3 is 2.38 bits per heavy atom. The number of anilines is 2. The summed E-state index contributed by atoms with van der Waals surface area (Å²) in [5.74, 6) is 0. The number of non-ortho nitro benzene ring substituents is 1. The summed E-state index contributed by atoms with van der Waals surface area (Å²) in [5.41, 5.74) is 2.40. The number of nitro benzene ring substituents is 1. The van der Waals surface area contributed by atoms with Crippen LogP contribution < -0.4 is 10.00 Å². The van der Waals surface area contributed by atoms with Gasteiger partial charge >= 0.3 is 5.01 Å². The number of nitro groups is 1. The zero-order valence-corrected chi connectivity index (χ0v) is 17.1. The lowest BCUT2D eigenvalue weighted by Crippen LogP contribution is -2.34. The van der Waals surface area contributed by atoms with Gasteiger partial charge in [-0.15, -0.1) is 0 Å². The number of rotatable bonds is 5. The number of hydrogen-bond donors (Lipinski definition) is 1. The SMILES string of the molecule is O=[N+]([O-])c1ccc(Nc2n[n+](-c3ccccc3)c(-c3ccc(Cl)cc3Cl)s2)cc1. The van der Waals surface area contributed by atoms with Crippen molar-refractivity contribution in [2.75, 3.05) is 5.32 Å². The lowest BCUT2D eigenvalue weighted by Gasteiger charge is -1.99. The van der Waals surface area contributed by atoms with E-state index in [-0.39, 0.29) is 5.69 Å². The molecular weight excluding hydrogens is 431 g/mol. The van der Waals surface area contributed by atoms with Crippen LogP contribution in [-0.4, -0.2) is 10.0 Å². The van der Waals surface area contributed by atoms with Gasteiger partial charge in [-0.05, 0) is 46.4 Å². The summed E-state index contributed by atoms with van der Waals surface area (Å²) >= 11 is 13.9. The standard InChI is InChI=1S/C20H13Cl2N4O2S/c21-13-6-11-17(18(22)12-13)19-25(15-4-2-1-3-5-15)24-20(29-19)23-14-7-9-16(10-8-14)26(27)28/h1-12H,(H,23,24)/q+1. The molecule has 0 aliphatic heterocycles. The van der Waals surface area contributed by atoms with E-state index in [9.17, 15) is 10.1 Å².